The number of carbonyl (C=O) groups excluding carboxylic acids is 1. The highest BCUT2D eigenvalue weighted by molar-refractivity contribution is 5.75. The predicted molar refractivity (Wildman–Crippen MR) is 48.6 cm³/mol. The Hall–Kier alpha value is -0.850. The fourth-order valence-electron chi connectivity index (χ4n) is 1.45. The molecule has 0 aromatic rings. The second-order valence-corrected chi connectivity index (χ2v) is 3.22. The van der Waals surface area contributed by atoms with Crippen molar-refractivity contribution in [2.75, 3.05) is 40.8 Å². The quantitative estimate of drug-likeness (QED) is 0.657. The number of hydrogen-bond acceptors (Lipinski definition) is 4. The summed E-state index contributed by atoms with van der Waals surface area (Å²) in [5.41, 5.74) is 0. The molecule has 1 saturated heterocycles. The van der Waals surface area contributed by atoms with E-state index in [1.807, 2.05) is 0 Å². The van der Waals surface area contributed by atoms with Crippen LogP contribution in [0.25, 0.3) is 0 Å². The van der Waals surface area contributed by atoms with Crippen LogP contribution in [0.3, 0.4) is 0 Å². The van der Waals surface area contributed by atoms with Crippen molar-refractivity contribution in [1.29, 1.82) is 0 Å². The van der Waals surface area contributed by atoms with Gasteiger partial charge in [0.15, 0.2) is 0 Å². The van der Waals surface area contributed by atoms with Gasteiger partial charge in [0.2, 0.25) is 0 Å². The molecular formula is C8H16N2O4. The van der Waals surface area contributed by atoms with Crippen molar-refractivity contribution in [3.05, 3.63) is 0 Å². The van der Waals surface area contributed by atoms with Crippen LogP contribution in [0.2, 0.25) is 0 Å². The molecular weight excluding hydrogens is 188 g/mol. The average molecular weight is 204 g/mol. The van der Waals surface area contributed by atoms with Crippen LogP contribution in [0, 0.1) is 0 Å². The van der Waals surface area contributed by atoms with Gasteiger partial charge >= 0.3 is 6.03 Å². The van der Waals surface area contributed by atoms with Gasteiger partial charge in [0, 0.05) is 14.2 Å². The van der Waals surface area contributed by atoms with E-state index in [9.17, 15) is 9.90 Å². The first-order valence-electron chi connectivity index (χ1n) is 4.38. The third kappa shape index (κ3) is 2.57. The maximum Gasteiger partial charge on any atom is 0.323 e. The lowest BCUT2D eigenvalue weighted by atomic mass is 10.2. The third-order valence-electron chi connectivity index (χ3n) is 1.97. The van der Waals surface area contributed by atoms with E-state index in [1.54, 1.807) is 0 Å². The van der Waals surface area contributed by atoms with Crippen LogP contribution < -0.4 is 0 Å². The molecule has 1 fully saturated rings. The number of ether oxygens (including phenoxy) is 2. The molecule has 0 aromatic carbocycles. The first-order valence-corrected chi connectivity index (χ1v) is 4.38. The van der Waals surface area contributed by atoms with E-state index in [1.165, 1.54) is 24.0 Å². The Morgan fingerprint density at radius 1 is 1.29 bits per heavy atom. The Morgan fingerprint density at radius 3 is 2.07 bits per heavy atom. The van der Waals surface area contributed by atoms with Crippen molar-refractivity contribution in [2.24, 2.45) is 0 Å². The molecule has 1 aliphatic heterocycles. The zero-order valence-corrected chi connectivity index (χ0v) is 8.47. The van der Waals surface area contributed by atoms with E-state index in [-0.39, 0.29) is 19.5 Å². The van der Waals surface area contributed by atoms with Gasteiger partial charge in [0.1, 0.15) is 13.5 Å². The third-order valence-corrected chi connectivity index (χ3v) is 1.97. The predicted octanol–water partition coefficient (Wildman–Crippen LogP) is -0.707. The van der Waals surface area contributed by atoms with E-state index in [2.05, 4.69) is 0 Å². The lowest BCUT2D eigenvalue weighted by Gasteiger charge is -2.37. The number of aliphatic hydroxyl groups is 1. The summed E-state index contributed by atoms with van der Waals surface area (Å²) in [4.78, 5) is 14.5. The largest absolute Gasteiger partial charge is 0.389 e. The van der Waals surface area contributed by atoms with Crippen LogP contribution in [0.4, 0.5) is 4.79 Å². The first kappa shape index (κ1) is 11.2. The molecule has 0 atom stereocenters. The first-order chi connectivity index (χ1) is 6.69. The Bertz CT molecular complexity index is 182. The lowest BCUT2D eigenvalue weighted by Crippen LogP contribution is -2.56. The monoisotopic (exact) mass is 204 g/mol. The smallest absolute Gasteiger partial charge is 0.323 e. The number of amides is 2. The maximum absolute atomic E-state index is 11.6. The summed E-state index contributed by atoms with van der Waals surface area (Å²) in [6, 6.07) is -0.168. The van der Waals surface area contributed by atoms with Gasteiger partial charge in [-0.25, -0.2) is 4.79 Å². The summed E-state index contributed by atoms with van der Waals surface area (Å²) < 4.78 is 9.71. The highest BCUT2D eigenvalue weighted by Crippen LogP contribution is 2.09. The summed E-state index contributed by atoms with van der Waals surface area (Å²) in [5, 5.41) is 9.47. The maximum atomic E-state index is 11.6. The van der Waals surface area contributed by atoms with E-state index in [0.717, 1.165) is 0 Å². The fourth-order valence-corrected chi connectivity index (χ4v) is 1.45. The van der Waals surface area contributed by atoms with Crippen molar-refractivity contribution >= 4 is 6.03 Å². The summed E-state index contributed by atoms with van der Waals surface area (Å²) in [6.45, 7) is 1.01. The summed E-state index contributed by atoms with van der Waals surface area (Å²) in [6.07, 6.45) is -0.544. The van der Waals surface area contributed by atoms with Crippen LogP contribution in [0.1, 0.15) is 0 Å². The second-order valence-electron chi connectivity index (χ2n) is 3.22. The number of aliphatic hydroxyl groups excluding tert-OH is 1. The van der Waals surface area contributed by atoms with Crippen molar-refractivity contribution in [1.82, 2.24) is 9.80 Å². The molecule has 0 aliphatic carbocycles. The molecule has 6 nitrogen and oxygen atoms in total. The summed E-state index contributed by atoms with van der Waals surface area (Å²) in [5.74, 6) is 0. The second kappa shape index (κ2) is 5.14. The standard InChI is InChI=1S/C8H16N2O4/c1-13-5-9-3-7(11)4-10(6-14-2)8(9)12/h7,11H,3-6H2,1-2H3. The van der Waals surface area contributed by atoms with E-state index in [0.29, 0.717) is 13.1 Å². The minimum atomic E-state index is -0.544. The number of β-amino-alcohol motifs (C(OH)–C–C–N with tert-alkyl or cyclic N) is 1. The Labute approximate surface area is 83.0 Å². The molecule has 1 aliphatic rings. The van der Waals surface area contributed by atoms with Gasteiger partial charge in [-0.05, 0) is 0 Å². The van der Waals surface area contributed by atoms with Crippen molar-refractivity contribution in [3.63, 3.8) is 0 Å². The molecule has 0 saturated carbocycles. The normalized spacial score (nSPS) is 19.2. The zero-order chi connectivity index (χ0) is 10.6. The van der Waals surface area contributed by atoms with Gasteiger partial charge in [-0.3, -0.25) is 9.80 Å². The van der Waals surface area contributed by atoms with Gasteiger partial charge in [0.05, 0.1) is 19.2 Å². The van der Waals surface area contributed by atoms with Crippen LogP contribution in [0.5, 0.6) is 0 Å². The van der Waals surface area contributed by atoms with Crippen LogP contribution in [-0.2, 0) is 9.47 Å². The minimum Gasteiger partial charge on any atom is -0.389 e. The average Bonchev–Trinajstić information content (AvgIpc) is 2.14. The van der Waals surface area contributed by atoms with Crippen molar-refractivity contribution in [2.45, 2.75) is 6.10 Å². The number of hydrogen-bond donors (Lipinski definition) is 1. The van der Waals surface area contributed by atoms with Gasteiger partial charge < -0.3 is 14.6 Å². The Kier molecular flexibility index (Phi) is 4.12. The molecule has 6 heteroatoms. The van der Waals surface area contributed by atoms with E-state index >= 15 is 0 Å². The molecule has 0 aromatic heterocycles. The van der Waals surface area contributed by atoms with Crippen molar-refractivity contribution in [3.8, 4) is 0 Å². The minimum absolute atomic E-state index is 0.168. The van der Waals surface area contributed by atoms with E-state index in [4.69, 9.17) is 9.47 Å². The summed E-state index contributed by atoms with van der Waals surface area (Å²) >= 11 is 0. The molecule has 0 spiro atoms. The van der Waals surface area contributed by atoms with Crippen LogP contribution in [-0.4, -0.2) is 67.8 Å². The molecule has 0 radical (unpaired) electrons. The number of urea groups is 1. The van der Waals surface area contributed by atoms with Crippen LogP contribution >= 0.6 is 0 Å². The van der Waals surface area contributed by atoms with Crippen LogP contribution in [0.15, 0.2) is 0 Å². The Morgan fingerprint density at radius 2 is 1.71 bits per heavy atom. The Balaban J connectivity index is 2.56. The number of nitrogens with zero attached hydrogens (tertiary/aromatic N) is 2. The molecule has 0 unspecified atom stereocenters. The summed E-state index contributed by atoms with van der Waals surface area (Å²) in [7, 11) is 3.02. The van der Waals surface area contributed by atoms with Gasteiger partial charge in [-0.2, -0.15) is 0 Å². The molecule has 0 bridgehead atoms. The lowest BCUT2D eigenvalue weighted by molar-refractivity contribution is -0.0272. The van der Waals surface area contributed by atoms with Gasteiger partial charge in [-0.1, -0.05) is 0 Å². The number of methoxy groups -OCH3 is 2. The zero-order valence-electron chi connectivity index (χ0n) is 8.47. The SMILES string of the molecule is COCN1CC(O)CN(COC)C1=O. The van der Waals surface area contributed by atoms with Crippen molar-refractivity contribution < 1.29 is 19.4 Å². The number of carbonyl (C=O) groups is 1. The van der Waals surface area contributed by atoms with Gasteiger partial charge in [-0.15, -0.1) is 0 Å². The van der Waals surface area contributed by atoms with Gasteiger partial charge in [0.25, 0.3) is 0 Å². The molecule has 2 amide bonds. The molecule has 1 heterocycles. The number of rotatable bonds is 4. The highest BCUT2D eigenvalue weighted by Gasteiger charge is 2.30. The molecule has 14 heavy (non-hydrogen) atoms. The van der Waals surface area contributed by atoms with E-state index < -0.39 is 6.10 Å². The molecule has 1 N–H and O–H groups in total. The molecule has 82 valence electrons. The fraction of sp³-hybridized carbons (Fsp3) is 0.875. The highest BCUT2D eigenvalue weighted by atomic mass is 16.5. The topological polar surface area (TPSA) is 62.2 Å². The molecule has 1 rings (SSSR count).